The van der Waals surface area contributed by atoms with Gasteiger partial charge in [0.1, 0.15) is 4.90 Å². The predicted octanol–water partition coefficient (Wildman–Crippen LogP) is 1.72. The van der Waals surface area contributed by atoms with E-state index >= 15 is 0 Å². The summed E-state index contributed by atoms with van der Waals surface area (Å²) in [6.07, 6.45) is 1.47. The highest BCUT2D eigenvalue weighted by atomic mass is 79.9. The fourth-order valence-corrected chi connectivity index (χ4v) is 5.13. The van der Waals surface area contributed by atoms with Crippen LogP contribution in [0.2, 0.25) is 0 Å². The Labute approximate surface area is 137 Å². The van der Waals surface area contributed by atoms with Crippen LogP contribution in [0.15, 0.2) is 14.7 Å². The Balaban J connectivity index is 2.31. The van der Waals surface area contributed by atoms with Crippen LogP contribution in [0, 0.1) is 0 Å². The zero-order chi connectivity index (χ0) is 15.7. The lowest BCUT2D eigenvalue weighted by atomic mass is 10.3. The summed E-state index contributed by atoms with van der Waals surface area (Å²) in [7, 11) is -1.93. The molecular weight excluding hydrogens is 382 g/mol. The normalized spacial score (nSPS) is 12.0. The van der Waals surface area contributed by atoms with Gasteiger partial charge in [0.15, 0.2) is 0 Å². The lowest BCUT2D eigenvalue weighted by Crippen LogP contribution is -2.25. The second-order valence-corrected chi connectivity index (χ2v) is 8.41. The van der Waals surface area contributed by atoms with Crippen molar-refractivity contribution >= 4 is 37.3 Å². The standard InChI is InChI=1S/C12H20BrNO5S2/c1-18-6-7-19-5-3-2-4-14-21(16,17)11-8-10(9-15)20-12(11)13/h8,14-15H,2-7,9H2,1H3. The number of nitrogens with one attached hydrogen (secondary N) is 1. The Hall–Kier alpha value is -0.0300. The van der Waals surface area contributed by atoms with Gasteiger partial charge in [-0.05, 0) is 34.8 Å². The zero-order valence-corrected chi connectivity index (χ0v) is 15.0. The lowest BCUT2D eigenvalue weighted by Gasteiger charge is -2.06. The van der Waals surface area contributed by atoms with E-state index in [9.17, 15) is 8.42 Å². The zero-order valence-electron chi connectivity index (χ0n) is 11.8. The van der Waals surface area contributed by atoms with Crippen molar-refractivity contribution < 1.29 is 23.0 Å². The van der Waals surface area contributed by atoms with Crippen LogP contribution >= 0.6 is 27.3 Å². The molecule has 0 unspecified atom stereocenters. The number of rotatable bonds is 11. The molecule has 0 aliphatic heterocycles. The van der Waals surface area contributed by atoms with Crippen LogP contribution < -0.4 is 4.72 Å². The van der Waals surface area contributed by atoms with Crippen LogP contribution in [0.5, 0.6) is 0 Å². The van der Waals surface area contributed by atoms with E-state index in [1.54, 1.807) is 7.11 Å². The summed E-state index contributed by atoms with van der Waals surface area (Å²) in [6.45, 7) is 1.88. The average molecular weight is 402 g/mol. The second-order valence-electron chi connectivity index (χ2n) is 4.22. The van der Waals surface area contributed by atoms with Crippen LogP contribution in [0.4, 0.5) is 0 Å². The van der Waals surface area contributed by atoms with Gasteiger partial charge in [0, 0.05) is 25.1 Å². The molecule has 0 aromatic carbocycles. The third-order valence-electron chi connectivity index (χ3n) is 2.59. The van der Waals surface area contributed by atoms with Gasteiger partial charge >= 0.3 is 0 Å². The number of hydrogen-bond acceptors (Lipinski definition) is 6. The number of aliphatic hydroxyl groups is 1. The molecule has 1 heterocycles. The molecule has 9 heteroatoms. The van der Waals surface area contributed by atoms with Gasteiger partial charge in [-0.25, -0.2) is 13.1 Å². The molecule has 0 spiro atoms. The molecule has 0 aliphatic carbocycles. The smallest absolute Gasteiger partial charge is 0.242 e. The molecular formula is C12H20BrNO5S2. The number of halogens is 1. The summed E-state index contributed by atoms with van der Waals surface area (Å²) in [4.78, 5) is 0.779. The van der Waals surface area contributed by atoms with E-state index in [0.29, 0.717) is 41.4 Å². The number of sulfonamides is 1. The van der Waals surface area contributed by atoms with Gasteiger partial charge in [-0.15, -0.1) is 11.3 Å². The van der Waals surface area contributed by atoms with Crippen LogP contribution in [0.3, 0.4) is 0 Å². The molecule has 0 atom stereocenters. The molecule has 0 saturated carbocycles. The van der Waals surface area contributed by atoms with Crippen molar-refractivity contribution in [3.63, 3.8) is 0 Å². The van der Waals surface area contributed by atoms with E-state index < -0.39 is 10.0 Å². The van der Waals surface area contributed by atoms with Crippen LogP contribution in [-0.2, 0) is 26.1 Å². The highest BCUT2D eigenvalue weighted by Gasteiger charge is 2.20. The fraction of sp³-hybridized carbons (Fsp3) is 0.667. The van der Waals surface area contributed by atoms with Crippen molar-refractivity contribution in [2.24, 2.45) is 0 Å². The van der Waals surface area contributed by atoms with Gasteiger partial charge in [-0.2, -0.15) is 0 Å². The largest absolute Gasteiger partial charge is 0.391 e. The number of ether oxygens (including phenoxy) is 2. The van der Waals surface area contributed by atoms with Crippen LogP contribution in [-0.4, -0.2) is 47.0 Å². The molecule has 0 fully saturated rings. The molecule has 122 valence electrons. The van der Waals surface area contributed by atoms with Gasteiger partial charge < -0.3 is 14.6 Å². The molecule has 21 heavy (non-hydrogen) atoms. The van der Waals surface area contributed by atoms with Gasteiger partial charge in [-0.3, -0.25) is 0 Å². The van der Waals surface area contributed by atoms with E-state index in [4.69, 9.17) is 14.6 Å². The molecule has 0 bridgehead atoms. The molecule has 1 rings (SSSR count). The molecule has 1 aromatic rings. The maximum absolute atomic E-state index is 12.1. The summed E-state index contributed by atoms with van der Waals surface area (Å²) >= 11 is 4.42. The molecule has 0 aliphatic rings. The molecule has 0 radical (unpaired) electrons. The molecule has 1 aromatic heterocycles. The van der Waals surface area contributed by atoms with Crippen LogP contribution in [0.1, 0.15) is 17.7 Å². The Kier molecular flexibility index (Phi) is 8.95. The summed E-state index contributed by atoms with van der Waals surface area (Å²) in [5, 5.41) is 9.03. The Bertz CT molecular complexity index is 518. The minimum atomic E-state index is -3.54. The van der Waals surface area contributed by atoms with Crippen molar-refractivity contribution in [1.82, 2.24) is 4.72 Å². The number of methoxy groups -OCH3 is 1. The van der Waals surface area contributed by atoms with Crippen molar-refractivity contribution in [3.8, 4) is 0 Å². The lowest BCUT2D eigenvalue weighted by molar-refractivity contribution is 0.0689. The minimum absolute atomic E-state index is 0.169. The van der Waals surface area contributed by atoms with Gasteiger partial charge in [0.25, 0.3) is 0 Å². The molecule has 2 N–H and O–H groups in total. The van der Waals surface area contributed by atoms with Crippen molar-refractivity contribution in [1.29, 1.82) is 0 Å². The van der Waals surface area contributed by atoms with Crippen LogP contribution in [0.25, 0.3) is 0 Å². The summed E-state index contributed by atoms with van der Waals surface area (Å²) in [6, 6.07) is 1.48. The highest BCUT2D eigenvalue weighted by molar-refractivity contribution is 9.11. The number of thiophene rings is 1. The summed E-state index contributed by atoms with van der Waals surface area (Å²) in [5.74, 6) is 0. The topological polar surface area (TPSA) is 84.9 Å². The Morgan fingerprint density at radius 3 is 2.71 bits per heavy atom. The molecule has 0 saturated heterocycles. The Morgan fingerprint density at radius 2 is 2.10 bits per heavy atom. The second kappa shape index (κ2) is 9.88. The van der Waals surface area contributed by atoms with E-state index in [0.717, 1.165) is 6.42 Å². The quantitative estimate of drug-likeness (QED) is 0.551. The van der Waals surface area contributed by atoms with E-state index in [1.807, 2.05) is 0 Å². The SMILES string of the molecule is COCCOCCCCNS(=O)(=O)c1cc(CO)sc1Br. The van der Waals surface area contributed by atoms with E-state index in [-0.39, 0.29) is 11.5 Å². The third kappa shape index (κ3) is 6.72. The van der Waals surface area contributed by atoms with Crippen molar-refractivity contribution in [2.75, 3.05) is 33.5 Å². The first kappa shape index (κ1) is 19.0. The molecule has 6 nitrogen and oxygen atoms in total. The average Bonchev–Trinajstić information content (AvgIpc) is 2.84. The van der Waals surface area contributed by atoms with Gasteiger partial charge in [-0.1, -0.05) is 0 Å². The highest BCUT2D eigenvalue weighted by Crippen LogP contribution is 2.31. The maximum Gasteiger partial charge on any atom is 0.242 e. The van der Waals surface area contributed by atoms with Gasteiger partial charge in [0.05, 0.1) is 23.6 Å². The van der Waals surface area contributed by atoms with Crippen molar-refractivity contribution in [3.05, 3.63) is 14.7 Å². The van der Waals surface area contributed by atoms with Crippen molar-refractivity contribution in [2.45, 2.75) is 24.3 Å². The number of hydrogen-bond donors (Lipinski definition) is 2. The monoisotopic (exact) mass is 401 g/mol. The first-order valence-electron chi connectivity index (χ1n) is 6.46. The Morgan fingerprint density at radius 1 is 1.33 bits per heavy atom. The minimum Gasteiger partial charge on any atom is -0.391 e. The van der Waals surface area contributed by atoms with E-state index in [1.165, 1.54) is 17.4 Å². The maximum atomic E-state index is 12.1. The fourth-order valence-electron chi connectivity index (χ4n) is 1.52. The van der Waals surface area contributed by atoms with Gasteiger partial charge in [0.2, 0.25) is 10.0 Å². The number of aliphatic hydroxyl groups excluding tert-OH is 1. The third-order valence-corrected chi connectivity index (χ3v) is 6.29. The molecule has 0 amide bonds. The summed E-state index contributed by atoms with van der Waals surface area (Å²) in [5.41, 5.74) is 0. The first-order chi connectivity index (χ1) is 10.0. The summed E-state index contributed by atoms with van der Waals surface area (Å²) < 4.78 is 37.4. The first-order valence-corrected chi connectivity index (χ1v) is 9.56. The predicted molar refractivity (Wildman–Crippen MR) is 85.1 cm³/mol. The van der Waals surface area contributed by atoms with E-state index in [2.05, 4.69) is 20.7 Å². The number of unbranched alkanes of at least 4 members (excludes halogenated alkanes) is 1.